The maximum Gasteiger partial charge on any atom is 0.311 e. The number of carboxylic acids is 1. The Balaban J connectivity index is 2.31. The second-order valence-electron chi connectivity index (χ2n) is 5.57. The molecule has 4 nitrogen and oxygen atoms in total. The fourth-order valence-corrected chi connectivity index (χ4v) is 2.67. The standard InChI is InChI=1S/C15H21NO3/c1-11-5-6-13(19-3)12(9-11)16-8-4-7-15(2,10-16)14(17)18/h5-6,9H,4,7-8,10H2,1-3H3,(H,17,18). The average Bonchev–Trinajstić information content (AvgIpc) is 2.38. The highest BCUT2D eigenvalue weighted by Gasteiger charge is 2.38. The zero-order chi connectivity index (χ0) is 14.0. The van der Waals surface area contributed by atoms with E-state index < -0.39 is 11.4 Å². The number of aliphatic carboxylic acids is 1. The van der Waals surface area contributed by atoms with Crippen molar-refractivity contribution in [1.82, 2.24) is 0 Å². The molecule has 104 valence electrons. The predicted octanol–water partition coefficient (Wildman–Crippen LogP) is 2.69. The number of hydrogen-bond donors (Lipinski definition) is 1. The highest BCUT2D eigenvalue weighted by molar-refractivity contribution is 5.76. The molecule has 1 aliphatic rings. The number of piperidine rings is 1. The molecule has 0 radical (unpaired) electrons. The van der Waals surface area contributed by atoms with Crippen molar-refractivity contribution >= 4 is 11.7 Å². The van der Waals surface area contributed by atoms with Crippen molar-refractivity contribution in [3.63, 3.8) is 0 Å². The van der Waals surface area contributed by atoms with Crippen LogP contribution in [0.5, 0.6) is 5.75 Å². The summed E-state index contributed by atoms with van der Waals surface area (Å²) in [7, 11) is 1.65. The van der Waals surface area contributed by atoms with Crippen molar-refractivity contribution in [2.75, 3.05) is 25.1 Å². The van der Waals surface area contributed by atoms with Crippen molar-refractivity contribution in [3.05, 3.63) is 23.8 Å². The Labute approximate surface area is 114 Å². The normalized spacial score (nSPS) is 23.2. The van der Waals surface area contributed by atoms with Crippen molar-refractivity contribution in [1.29, 1.82) is 0 Å². The van der Waals surface area contributed by atoms with Gasteiger partial charge in [-0.15, -0.1) is 0 Å². The van der Waals surface area contributed by atoms with E-state index in [0.29, 0.717) is 6.54 Å². The number of benzene rings is 1. The minimum atomic E-state index is -0.719. The number of nitrogens with zero attached hydrogens (tertiary/aromatic N) is 1. The minimum Gasteiger partial charge on any atom is -0.495 e. The molecule has 0 aliphatic carbocycles. The lowest BCUT2D eigenvalue weighted by molar-refractivity contribution is -0.148. The lowest BCUT2D eigenvalue weighted by Gasteiger charge is -2.39. The van der Waals surface area contributed by atoms with Crippen LogP contribution >= 0.6 is 0 Å². The summed E-state index contributed by atoms with van der Waals surface area (Å²) in [6.45, 7) is 5.26. The first-order chi connectivity index (χ1) is 8.96. The molecule has 1 unspecified atom stereocenters. The summed E-state index contributed by atoms with van der Waals surface area (Å²) >= 11 is 0. The summed E-state index contributed by atoms with van der Waals surface area (Å²) in [6, 6.07) is 6.01. The molecular weight excluding hydrogens is 242 g/mol. The topological polar surface area (TPSA) is 49.8 Å². The molecule has 0 spiro atoms. The van der Waals surface area contributed by atoms with Crippen LogP contribution in [0.3, 0.4) is 0 Å². The SMILES string of the molecule is COc1ccc(C)cc1N1CCCC(C)(C(=O)O)C1. The van der Waals surface area contributed by atoms with Crippen LogP contribution in [0.4, 0.5) is 5.69 Å². The molecule has 0 bridgehead atoms. The van der Waals surface area contributed by atoms with Gasteiger partial charge in [-0.1, -0.05) is 6.07 Å². The first-order valence-corrected chi connectivity index (χ1v) is 6.59. The van der Waals surface area contributed by atoms with Crippen LogP contribution in [-0.2, 0) is 4.79 Å². The molecule has 0 amide bonds. The number of ether oxygens (including phenoxy) is 1. The number of rotatable bonds is 3. The Morgan fingerprint density at radius 2 is 2.21 bits per heavy atom. The maximum absolute atomic E-state index is 11.4. The van der Waals surface area contributed by atoms with Crippen LogP contribution in [-0.4, -0.2) is 31.3 Å². The van der Waals surface area contributed by atoms with Crippen LogP contribution < -0.4 is 9.64 Å². The number of anilines is 1. The number of carboxylic acid groups (broad SMARTS) is 1. The summed E-state index contributed by atoms with van der Waals surface area (Å²) < 4.78 is 5.39. The minimum absolute atomic E-state index is 0.530. The Hall–Kier alpha value is -1.71. The van der Waals surface area contributed by atoms with E-state index in [-0.39, 0.29) is 0 Å². The summed E-state index contributed by atoms with van der Waals surface area (Å²) in [6.07, 6.45) is 1.62. The maximum atomic E-state index is 11.4. The fraction of sp³-hybridized carbons (Fsp3) is 0.533. The molecule has 0 aromatic heterocycles. The third-order valence-corrected chi connectivity index (χ3v) is 3.89. The molecule has 4 heteroatoms. The third kappa shape index (κ3) is 2.67. The number of aryl methyl sites for hydroxylation is 1. The van der Waals surface area contributed by atoms with Gasteiger partial charge in [0, 0.05) is 13.1 Å². The molecule has 1 atom stereocenters. The molecule has 1 aromatic carbocycles. The number of carbonyl (C=O) groups is 1. The zero-order valence-electron chi connectivity index (χ0n) is 11.8. The van der Waals surface area contributed by atoms with E-state index in [1.165, 1.54) is 0 Å². The molecule has 1 fully saturated rings. The van der Waals surface area contributed by atoms with Crippen LogP contribution in [0.15, 0.2) is 18.2 Å². The Morgan fingerprint density at radius 3 is 2.84 bits per heavy atom. The average molecular weight is 263 g/mol. The molecule has 1 N–H and O–H groups in total. The van der Waals surface area contributed by atoms with Gasteiger partial charge in [0.2, 0.25) is 0 Å². The fourth-order valence-electron chi connectivity index (χ4n) is 2.67. The third-order valence-electron chi connectivity index (χ3n) is 3.89. The second kappa shape index (κ2) is 5.11. The molecule has 0 saturated carbocycles. The Bertz CT molecular complexity index is 486. The van der Waals surface area contributed by atoms with Crippen molar-refractivity contribution in [2.24, 2.45) is 5.41 Å². The van der Waals surface area contributed by atoms with E-state index in [1.54, 1.807) is 7.11 Å². The molecule has 1 aromatic rings. The van der Waals surface area contributed by atoms with Crippen LogP contribution in [0.2, 0.25) is 0 Å². The highest BCUT2D eigenvalue weighted by atomic mass is 16.5. The van der Waals surface area contributed by atoms with Gasteiger partial charge in [0.1, 0.15) is 5.75 Å². The van der Waals surface area contributed by atoms with Gasteiger partial charge in [-0.25, -0.2) is 0 Å². The Morgan fingerprint density at radius 1 is 1.47 bits per heavy atom. The van der Waals surface area contributed by atoms with Crippen LogP contribution in [0.25, 0.3) is 0 Å². The molecule has 1 heterocycles. The van der Waals surface area contributed by atoms with E-state index in [1.807, 2.05) is 26.0 Å². The quantitative estimate of drug-likeness (QED) is 0.911. The van der Waals surface area contributed by atoms with Gasteiger partial charge in [0.25, 0.3) is 0 Å². The van der Waals surface area contributed by atoms with Crippen molar-refractivity contribution < 1.29 is 14.6 Å². The van der Waals surface area contributed by atoms with E-state index in [9.17, 15) is 9.90 Å². The van der Waals surface area contributed by atoms with Crippen molar-refractivity contribution in [2.45, 2.75) is 26.7 Å². The lowest BCUT2D eigenvalue weighted by atomic mass is 9.82. The lowest BCUT2D eigenvalue weighted by Crippen LogP contribution is -2.46. The van der Waals surface area contributed by atoms with E-state index >= 15 is 0 Å². The van der Waals surface area contributed by atoms with E-state index in [4.69, 9.17) is 4.74 Å². The monoisotopic (exact) mass is 263 g/mol. The van der Waals surface area contributed by atoms with Gasteiger partial charge < -0.3 is 14.7 Å². The van der Waals surface area contributed by atoms with E-state index in [2.05, 4.69) is 11.0 Å². The van der Waals surface area contributed by atoms with Gasteiger partial charge in [-0.2, -0.15) is 0 Å². The predicted molar refractivity (Wildman–Crippen MR) is 74.9 cm³/mol. The van der Waals surface area contributed by atoms with Gasteiger partial charge in [-0.05, 0) is 44.4 Å². The van der Waals surface area contributed by atoms with Crippen LogP contribution in [0.1, 0.15) is 25.3 Å². The summed E-state index contributed by atoms with van der Waals surface area (Å²) in [4.78, 5) is 13.5. The first kappa shape index (κ1) is 13.7. The largest absolute Gasteiger partial charge is 0.495 e. The second-order valence-corrected chi connectivity index (χ2v) is 5.57. The molecule has 1 aliphatic heterocycles. The summed E-state index contributed by atoms with van der Waals surface area (Å²) in [5, 5.41) is 9.39. The summed E-state index contributed by atoms with van der Waals surface area (Å²) in [5.41, 5.74) is 1.47. The highest BCUT2D eigenvalue weighted by Crippen LogP contribution is 2.36. The number of methoxy groups -OCH3 is 1. The number of hydrogen-bond acceptors (Lipinski definition) is 3. The molecule has 19 heavy (non-hydrogen) atoms. The van der Waals surface area contributed by atoms with Gasteiger partial charge >= 0.3 is 5.97 Å². The first-order valence-electron chi connectivity index (χ1n) is 6.59. The van der Waals surface area contributed by atoms with Gasteiger partial charge in [-0.3, -0.25) is 4.79 Å². The van der Waals surface area contributed by atoms with Crippen molar-refractivity contribution in [3.8, 4) is 5.75 Å². The van der Waals surface area contributed by atoms with Gasteiger partial charge in [0.05, 0.1) is 18.2 Å². The molecule has 1 saturated heterocycles. The molecule has 2 rings (SSSR count). The Kier molecular flexibility index (Phi) is 3.69. The smallest absolute Gasteiger partial charge is 0.311 e. The zero-order valence-corrected chi connectivity index (χ0v) is 11.8. The van der Waals surface area contributed by atoms with Gasteiger partial charge in [0.15, 0.2) is 0 Å². The van der Waals surface area contributed by atoms with E-state index in [0.717, 1.165) is 36.4 Å². The summed E-state index contributed by atoms with van der Waals surface area (Å²) in [5.74, 6) is 0.0871. The molecular formula is C15H21NO3. The van der Waals surface area contributed by atoms with Crippen LogP contribution in [0, 0.1) is 12.3 Å².